The monoisotopic (exact) mass is 133 g/mol. The molecule has 0 amide bonds. The first-order valence-corrected chi connectivity index (χ1v) is 3.48. The average Bonchev–Trinajstić information content (AvgIpc) is 1.87. The molecule has 2 heteroatoms. The number of hydrogen-bond donors (Lipinski definition) is 0. The van der Waals surface area contributed by atoms with Gasteiger partial charge in [0, 0.05) is 12.6 Å². The summed E-state index contributed by atoms with van der Waals surface area (Å²) >= 11 is 0. The van der Waals surface area contributed by atoms with E-state index in [2.05, 4.69) is 13.8 Å². The lowest BCUT2D eigenvalue weighted by atomic mass is 10.2. The molecule has 0 aliphatic heterocycles. The van der Waals surface area contributed by atoms with Crippen LogP contribution in [0.25, 0.3) is 0 Å². The van der Waals surface area contributed by atoms with Gasteiger partial charge in [0.05, 0.1) is 0 Å². The lowest BCUT2D eigenvalue weighted by molar-refractivity contribution is 0.230. The molecule has 0 aromatic heterocycles. The van der Waals surface area contributed by atoms with Crippen LogP contribution < -0.4 is 0 Å². The van der Waals surface area contributed by atoms with E-state index in [1.807, 2.05) is 11.9 Å². The van der Waals surface area contributed by atoms with Crippen molar-refractivity contribution in [2.75, 3.05) is 20.3 Å². The zero-order valence-electron chi connectivity index (χ0n) is 6.52. The van der Waals surface area contributed by atoms with E-state index < -0.39 is 0 Å². The lowest BCUT2D eigenvalue weighted by Crippen LogP contribution is -2.30. The van der Waals surface area contributed by atoms with Crippen molar-refractivity contribution in [2.45, 2.75) is 26.3 Å². The molecule has 0 saturated heterocycles. The Morgan fingerprint density at radius 2 is 2.11 bits per heavy atom. The molecule has 0 saturated carbocycles. The van der Waals surface area contributed by atoms with Crippen LogP contribution in [0.2, 0.25) is 0 Å². The molecule has 0 unspecified atom stereocenters. The second-order valence-electron chi connectivity index (χ2n) is 2.43. The minimum Gasteiger partial charge on any atom is -0.301 e. The Kier molecular flexibility index (Phi) is 4.68. The van der Waals surface area contributed by atoms with Gasteiger partial charge in [-0.05, 0) is 20.4 Å². The van der Waals surface area contributed by atoms with Crippen LogP contribution in [0, 0.1) is 0 Å². The number of halogens is 1. The van der Waals surface area contributed by atoms with Crippen LogP contribution in [0.5, 0.6) is 0 Å². The average molecular weight is 133 g/mol. The Bertz CT molecular complexity index is 65.9. The summed E-state index contributed by atoms with van der Waals surface area (Å²) in [5, 5.41) is 0. The van der Waals surface area contributed by atoms with Gasteiger partial charge in [-0.15, -0.1) is 0 Å². The van der Waals surface area contributed by atoms with Gasteiger partial charge in [0.2, 0.25) is 0 Å². The molecule has 0 aromatic carbocycles. The molecule has 9 heavy (non-hydrogen) atoms. The van der Waals surface area contributed by atoms with Gasteiger partial charge in [-0.2, -0.15) is 0 Å². The highest BCUT2D eigenvalue weighted by molar-refractivity contribution is 4.59. The van der Waals surface area contributed by atoms with E-state index in [1.165, 1.54) is 0 Å². The number of rotatable bonds is 4. The molecule has 56 valence electrons. The van der Waals surface area contributed by atoms with Gasteiger partial charge in [-0.1, -0.05) is 6.92 Å². The smallest absolute Gasteiger partial charge is 0.102 e. The second kappa shape index (κ2) is 4.74. The molecule has 0 rings (SSSR count). The zero-order valence-corrected chi connectivity index (χ0v) is 6.52. The van der Waals surface area contributed by atoms with Gasteiger partial charge >= 0.3 is 0 Å². The molecule has 0 aliphatic carbocycles. The molecule has 0 spiro atoms. The Labute approximate surface area is 56.9 Å². The third-order valence-corrected chi connectivity index (χ3v) is 1.78. The normalized spacial score (nSPS) is 14.3. The third kappa shape index (κ3) is 3.46. The zero-order chi connectivity index (χ0) is 7.28. The Morgan fingerprint density at radius 3 is 2.44 bits per heavy atom. The van der Waals surface area contributed by atoms with Crippen molar-refractivity contribution in [2.24, 2.45) is 0 Å². The van der Waals surface area contributed by atoms with Crippen molar-refractivity contribution in [1.82, 2.24) is 4.90 Å². The van der Waals surface area contributed by atoms with E-state index in [0.717, 1.165) is 6.42 Å². The molecule has 0 N–H and O–H groups in total. The van der Waals surface area contributed by atoms with Crippen molar-refractivity contribution in [3.05, 3.63) is 0 Å². The highest BCUT2D eigenvalue weighted by atomic mass is 19.1. The first-order valence-electron chi connectivity index (χ1n) is 3.48. The van der Waals surface area contributed by atoms with Gasteiger partial charge in [-0.25, -0.2) is 4.39 Å². The van der Waals surface area contributed by atoms with Gasteiger partial charge in [0.15, 0.2) is 0 Å². The fourth-order valence-electron chi connectivity index (χ4n) is 0.665. The summed E-state index contributed by atoms with van der Waals surface area (Å²) in [7, 11) is 1.95. The van der Waals surface area contributed by atoms with Crippen LogP contribution in [-0.4, -0.2) is 31.2 Å². The van der Waals surface area contributed by atoms with Crippen molar-refractivity contribution in [3.8, 4) is 0 Å². The number of nitrogens with zero attached hydrogens (tertiary/aromatic N) is 1. The topological polar surface area (TPSA) is 3.24 Å². The predicted molar refractivity (Wildman–Crippen MR) is 38.4 cm³/mol. The predicted octanol–water partition coefficient (Wildman–Crippen LogP) is 1.69. The van der Waals surface area contributed by atoms with Gasteiger partial charge < -0.3 is 4.90 Å². The molecule has 0 bridgehead atoms. The number of hydrogen-bond acceptors (Lipinski definition) is 1. The maximum atomic E-state index is 11.7. The molecule has 0 heterocycles. The fourth-order valence-corrected chi connectivity index (χ4v) is 0.665. The fraction of sp³-hybridized carbons (Fsp3) is 1.00. The van der Waals surface area contributed by atoms with E-state index in [0.29, 0.717) is 12.6 Å². The molecule has 0 aromatic rings. The summed E-state index contributed by atoms with van der Waals surface area (Å²) in [5.41, 5.74) is 0. The Morgan fingerprint density at radius 1 is 1.56 bits per heavy atom. The van der Waals surface area contributed by atoms with E-state index in [9.17, 15) is 4.39 Å². The van der Waals surface area contributed by atoms with Crippen LogP contribution in [0.4, 0.5) is 4.39 Å². The molecular weight excluding hydrogens is 117 g/mol. The third-order valence-electron chi connectivity index (χ3n) is 1.78. The summed E-state index contributed by atoms with van der Waals surface area (Å²) in [6, 6.07) is 0.515. The first-order chi connectivity index (χ1) is 4.22. The summed E-state index contributed by atoms with van der Waals surface area (Å²) < 4.78 is 11.7. The molecule has 1 nitrogen and oxygen atoms in total. The highest BCUT2D eigenvalue weighted by Gasteiger charge is 2.03. The van der Waals surface area contributed by atoms with Crippen LogP contribution in [0.1, 0.15) is 20.3 Å². The Hall–Kier alpha value is -0.110. The lowest BCUT2D eigenvalue weighted by Gasteiger charge is -2.21. The van der Waals surface area contributed by atoms with Crippen LogP contribution in [-0.2, 0) is 0 Å². The quantitative estimate of drug-likeness (QED) is 0.564. The van der Waals surface area contributed by atoms with Gasteiger partial charge in [0.25, 0.3) is 0 Å². The Balaban J connectivity index is 3.32. The van der Waals surface area contributed by atoms with Crippen molar-refractivity contribution in [3.63, 3.8) is 0 Å². The maximum absolute atomic E-state index is 11.7. The van der Waals surface area contributed by atoms with Crippen molar-refractivity contribution >= 4 is 0 Å². The van der Waals surface area contributed by atoms with Crippen LogP contribution in [0.3, 0.4) is 0 Å². The maximum Gasteiger partial charge on any atom is 0.102 e. The van der Waals surface area contributed by atoms with E-state index in [4.69, 9.17) is 0 Å². The minimum atomic E-state index is -0.235. The SMILES string of the molecule is CC[C@@H](C)N(C)CCF. The van der Waals surface area contributed by atoms with Gasteiger partial charge in [0.1, 0.15) is 6.67 Å². The molecular formula is C7H16FN. The van der Waals surface area contributed by atoms with Crippen molar-refractivity contribution in [1.29, 1.82) is 0 Å². The number of alkyl halides is 1. The first kappa shape index (κ1) is 8.89. The molecule has 0 fully saturated rings. The van der Waals surface area contributed by atoms with Crippen molar-refractivity contribution < 1.29 is 4.39 Å². The van der Waals surface area contributed by atoms with E-state index in [-0.39, 0.29) is 6.67 Å². The minimum absolute atomic E-state index is 0.235. The van der Waals surface area contributed by atoms with Crippen LogP contribution >= 0.6 is 0 Å². The standard InChI is InChI=1S/C7H16FN/c1-4-7(2)9(3)6-5-8/h7H,4-6H2,1-3H3/t7-/m1/s1. The molecule has 0 aliphatic rings. The summed E-state index contributed by atoms with van der Waals surface area (Å²) in [6.07, 6.45) is 1.09. The van der Waals surface area contributed by atoms with E-state index >= 15 is 0 Å². The largest absolute Gasteiger partial charge is 0.301 e. The van der Waals surface area contributed by atoms with Gasteiger partial charge in [-0.3, -0.25) is 0 Å². The highest BCUT2D eigenvalue weighted by Crippen LogP contribution is 1.98. The molecule has 1 atom stereocenters. The summed E-state index contributed by atoms with van der Waals surface area (Å²) in [6.45, 7) is 4.55. The van der Waals surface area contributed by atoms with Crippen LogP contribution in [0.15, 0.2) is 0 Å². The van der Waals surface area contributed by atoms with E-state index in [1.54, 1.807) is 0 Å². The summed E-state index contributed by atoms with van der Waals surface area (Å²) in [4.78, 5) is 2.03. The second-order valence-corrected chi connectivity index (χ2v) is 2.43. The molecule has 0 radical (unpaired) electrons. The summed E-state index contributed by atoms with van der Waals surface area (Å²) in [5.74, 6) is 0.